The maximum atomic E-state index is 13.0. The van der Waals surface area contributed by atoms with E-state index in [9.17, 15) is 22.8 Å². The van der Waals surface area contributed by atoms with Crippen molar-refractivity contribution >= 4 is 39.9 Å². The Hall–Kier alpha value is -3.78. The van der Waals surface area contributed by atoms with Crippen molar-refractivity contribution in [1.29, 1.82) is 0 Å². The fourth-order valence-corrected chi connectivity index (χ4v) is 4.91. The zero-order chi connectivity index (χ0) is 23.9. The lowest BCUT2D eigenvalue weighted by Crippen LogP contribution is -2.17. The molecule has 0 radical (unpaired) electrons. The SMILES string of the molecule is O=C(CSc1ccc2c3c(cccc13)C(=O)c1ccccc1-2)Nc1ccc(OC(F)(F)F)cc1. The molecular formula is C26H16F3NO3S. The molecule has 0 saturated heterocycles. The largest absolute Gasteiger partial charge is 0.573 e. The summed E-state index contributed by atoms with van der Waals surface area (Å²) in [6.07, 6.45) is -4.77. The van der Waals surface area contributed by atoms with Crippen LogP contribution in [0.2, 0.25) is 0 Å². The van der Waals surface area contributed by atoms with Gasteiger partial charge in [0.15, 0.2) is 5.78 Å². The molecule has 0 unspecified atom stereocenters. The minimum Gasteiger partial charge on any atom is -0.406 e. The number of halogens is 3. The average molecular weight is 479 g/mol. The van der Waals surface area contributed by atoms with Gasteiger partial charge >= 0.3 is 6.36 Å². The molecule has 0 aromatic heterocycles. The minimum absolute atomic E-state index is 0.0217. The van der Waals surface area contributed by atoms with Crippen molar-refractivity contribution in [1.82, 2.24) is 0 Å². The number of thioether (sulfide) groups is 1. The Balaban J connectivity index is 1.34. The minimum atomic E-state index is -4.77. The van der Waals surface area contributed by atoms with E-state index in [0.717, 1.165) is 38.9 Å². The van der Waals surface area contributed by atoms with Gasteiger partial charge in [-0.15, -0.1) is 24.9 Å². The number of hydrogen-bond acceptors (Lipinski definition) is 4. The third kappa shape index (κ3) is 4.24. The zero-order valence-electron chi connectivity index (χ0n) is 17.5. The van der Waals surface area contributed by atoms with Gasteiger partial charge in [0.1, 0.15) is 5.75 Å². The summed E-state index contributed by atoms with van der Waals surface area (Å²) in [5.41, 5.74) is 3.55. The summed E-state index contributed by atoms with van der Waals surface area (Å²) in [6, 6.07) is 22.0. The molecule has 0 saturated carbocycles. The van der Waals surface area contributed by atoms with E-state index < -0.39 is 6.36 Å². The summed E-state index contributed by atoms with van der Waals surface area (Å²) in [5.74, 6) is -0.605. The molecule has 0 aliphatic heterocycles. The van der Waals surface area contributed by atoms with Gasteiger partial charge in [0.25, 0.3) is 0 Å². The number of alkyl halides is 3. The maximum Gasteiger partial charge on any atom is 0.573 e. The number of fused-ring (bicyclic) bond motifs is 2. The van der Waals surface area contributed by atoms with Crippen LogP contribution in [0.15, 0.2) is 83.8 Å². The van der Waals surface area contributed by atoms with Crippen molar-refractivity contribution in [3.8, 4) is 16.9 Å². The van der Waals surface area contributed by atoms with Crippen LogP contribution in [0.1, 0.15) is 15.9 Å². The summed E-state index contributed by atoms with van der Waals surface area (Å²) in [4.78, 5) is 26.3. The van der Waals surface area contributed by atoms with E-state index in [2.05, 4.69) is 10.1 Å². The summed E-state index contributed by atoms with van der Waals surface area (Å²) in [7, 11) is 0. The quantitative estimate of drug-likeness (QED) is 0.286. The van der Waals surface area contributed by atoms with Crippen LogP contribution in [-0.4, -0.2) is 23.8 Å². The molecule has 0 heterocycles. The van der Waals surface area contributed by atoms with Crippen molar-refractivity contribution in [2.24, 2.45) is 0 Å². The molecule has 1 amide bonds. The van der Waals surface area contributed by atoms with Crippen LogP contribution in [0, 0.1) is 0 Å². The van der Waals surface area contributed by atoms with Crippen molar-refractivity contribution < 1.29 is 27.5 Å². The van der Waals surface area contributed by atoms with E-state index in [1.54, 1.807) is 0 Å². The number of amides is 1. The molecule has 8 heteroatoms. The topological polar surface area (TPSA) is 55.4 Å². The van der Waals surface area contributed by atoms with Gasteiger partial charge in [-0.2, -0.15) is 0 Å². The van der Waals surface area contributed by atoms with E-state index in [4.69, 9.17) is 0 Å². The first-order valence-corrected chi connectivity index (χ1v) is 11.3. The normalized spacial score (nSPS) is 12.4. The van der Waals surface area contributed by atoms with E-state index in [1.807, 2.05) is 54.6 Å². The Labute approximate surface area is 196 Å². The molecule has 1 aliphatic carbocycles. The molecule has 4 aromatic rings. The molecule has 5 rings (SSSR count). The number of hydrogen-bond donors (Lipinski definition) is 1. The number of carbonyl (C=O) groups is 2. The molecule has 4 nitrogen and oxygen atoms in total. The van der Waals surface area contributed by atoms with Crippen LogP contribution in [0.3, 0.4) is 0 Å². The van der Waals surface area contributed by atoms with E-state index in [0.29, 0.717) is 16.8 Å². The molecular weight excluding hydrogens is 463 g/mol. The predicted octanol–water partition coefficient (Wildman–Crippen LogP) is 6.68. The first kappa shape index (κ1) is 22.0. The molecule has 0 spiro atoms. The van der Waals surface area contributed by atoms with E-state index in [-0.39, 0.29) is 23.2 Å². The Morgan fingerprint density at radius 1 is 0.824 bits per heavy atom. The number of ether oxygens (including phenoxy) is 1. The number of nitrogens with one attached hydrogen (secondary N) is 1. The Bertz CT molecular complexity index is 1430. The van der Waals surface area contributed by atoms with E-state index in [1.165, 1.54) is 23.9 Å². The number of ketones is 1. The molecule has 34 heavy (non-hydrogen) atoms. The van der Waals surface area contributed by atoms with Crippen molar-refractivity contribution in [3.63, 3.8) is 0 Å². The van der Waals surface area contributed by atoms with E-state index >= 15 is 0 Å². The van der Waals surface area contributed by atoms with Gasteiger partial charge in [-0.3, -0.25) is 9.59 Å². The van der Waals surface area contributed by atoms with Gasteiger partial charge in [-0.05, 0) is 46.8 Å². The van der Waals surface area contributed by atoms with Gasteiger partial charge < -0.3 is 10.1 Å². The highest BCUT2D eigenvalue weighted by Gasteiger charge is 2.31. The standard InChI is InChI=1S/C26H16F3NO3S/c27-26(28,29)33-16-10-8-15(9-11-16)30-23(31)14-34-22-13-12-18-17-4-1-2-5-19(17)25(32)21-7-3-6-20(22)24(18)21/h1-13H,14H2,(H,30,31). The third-order valence-electron chi connectivity index (χ3n) is 5.44. The lowest BCUT2D eigenvalue weighted by atomic mass is 9.83. The van der Waals surface area contributed by atoms with Crippen LogP contribution < -0.4 is 10.1 Å². The molecule has 170 valence electrons. The smallest absolute Gasteiger partial charge is 0.406 e. The molecule has 1 aliphatic rings. The lowest BCUT2D eigenvalue weighted by Gasteiger charge is -2.21. The molecule has 4 aromatic carbocycles. The second kappa shape index (κ2) is 8.53. The number of rotatable bonds is 5. The van der Waals surface area contributed by atoms with Crippen LogP contribution in [0.4, 0.5) is 18.9 Å². The van der Waals surface area contributed by atoms with Gasteiger partial charge in [-0.25, -0.2) is 0 Å². The number of benzene rings is 4. The predicted molar refractivity (Wildman–Crippen MR) is 125 cm³/mol. The molecule has 0 atom stereocenters. The summed E-state index contributed by atoms with van der Waals surface area (Å²) in [6.45, 7) is 0. The van der Waals surface area contributed by atoms with Crippen LogP contribution in [-0.2, 0) is 4.79 Å². The van der Waals surface area contributed by atoms with Crippen molar-refractivity contribution in [2.45, 2.75) is 11.3 Å². The highest BCUT2D eigenvalue weighted by molar-refractivity contribution is 8.00. The van der Waals surface area contributed by atoms with Crippen LogP contribution in [0.5, 0.6) is 5.75 Å². The molecule has 1 N–H and O–H groups in total. The fourth-order valence-electron chi connectivity index (χ4n) is 4.06. The lowest BCUT2D eigenvalue weighted by molar-refractivity contribution is -0.274. The molecule has 0 fully saturated rings. The van der Waals surface area contributed by atoms with Crippen LogP contribution >= 0.6 is 11.8 Å². The van der Waals surface area contributed by atoms with Gasteiger partial charge in [-0.1, -0.05) is 48.5 Å². The fraction of sp³-hybridized carbons (Fsp3) is 0.0769. The Kier molecular flexibility index (Phi) is 5.53. The zero-order valence-corrected chi connectivity index (χ0v) is 18.3. The summed E-state index contributed by atoms with van der Waals surface area (Å²) in [5, 5.41) is 4.43. The second-order valence-corrected chi connectivity index (χ2v) is 8.64. The second-order valence-electron chi connectivity index (χ2n) is 7.62. The van der Waals surface area contributed by atoms with Crippen molar-refractivity contribution in [2.75, 3.05) is 11.1 Å². The number of carbonyl (C=O) groups excluding carboxylic acids is 2. The van der Waals surface area contributed by atoms with Gasteiger partial charge in [0.2, 0.25) is 5.91 Å². The first-order chi connectivity index (χ1) is 16.3. The first-order valence-electron chi connectivity index (χ1n) is 10.3. The summed E-state index contributed by atoms with van der Waals surface area (Å²) >= 11 is 1.33. The van der Waals surface area contributed by atoms with Gasteiger partial charge in [0.05, 0.1) is 5.75 Å². The highest BCUT2D eigenvalue weighted by Crippen LogP contribution is 2.42. The molecule has 0 bridgehead atoms. The Morgan fingerprint density at radius 3 is 2.26 bits per heavy atom. The van der Waals surface area contributed by atoms with Gasteiger partial charge in [0, 0.05) is 27.1 Å². The summed E-state index contributed by atoms with van der Waals surface area (Å²) < 4.78 is 40.7. The van der Waals surface area contributed by atoms with Crippen molar-refractivity contribution in [3.05, 3.63) is 90.0 Å². The highest BCUT2D eigenvalue weighted by atomic mass is 32.2. The third-order valence-corrected chi connectivity index (χ3v) is 6.51. The maximum absolute atomic E-state index is 13.0. The average Bonchev–Trinajstić information content (AvgIpc) is 2.81. The monoisotopic (exact) mass is 479 g/mol. The van der Waals surface area contributed by atoms with Crippen LogP contribution in [0.25, 0.3) is 21.9 Å². The number of anilines is 1. The Morgan fingerprint density at radius 2 is 1.53 bits per heavy atom.